The number of carbonyl (C=O) groups is 1. The van der Waals surface area contributed by atoms with Crippen molar-refractivity contribution in [2.45, 2.75) is 73.1 Å². The normalized spacial score (nSPS) is 12.4. The second kappa shape index (κ2) is 15.6. The molecule has 0 radical (unpaired) electrons. The van der Waals surface area contributed by atoms with E-state index in [0.29, 0.717) is 22.7 Å². The van der Waals surface area contributed by atoms with E-state index in [-0.39, 0.29) is 11.3 Å². The largest absolute Gasteiger partial charge is 0.398 e. The third-order valence-corrected chi connectivity index (χ3v) is 5.01. The van der Waals surface area contributed by atoms with Crippen molar-refractivity contribution in [3.05, 3.63) is 53.3 Å². The van der Waals surface area contributed by atoms with Crippen molar-refractivity contribution in [2.24, 2.45) is 18.5 Å². The first-order valence-electron chi connectivity index (χ1n) is 11.4. The SMILES string of the molecule is C=C(/C=C(N)\C(C=N)=C(/C)c1nc(/C(C)=C/C(C)=N)cn1C)C(N)=O.CCCCCCCC. The Kier molecular flexibility index (Phi) is 14.0. The summed E-state index contributed by atoms with van der Waals surface area (Å²) in [4.78, 5) is 15.7. The van der Waals surface area contributed by atoms with Gasteiger partial charge in [0.25, 0.3) is 0 Å². The summed E-state index contributed by atoms with van der Waals surface area (Å²) < 4.78 is 1.82. The molecule has 0 atom stereocenters. The lowest BCUT2D eigenvalue weighted by Crippen LogP contribution is -2.14. The highest BCUT2D eigenvalue weighted by Crippen LogP contribution is 2.22. The number of rotatable bonds is 12. The molecule has 7 heteroatoms. The topological polar surface area (TPSA) is 135 Å². The Morgan fingerprint density at radius 1 is 1.09 bits per heavy atom. The smallest absolute Gasteiger partial charge is 0.248 e. The van der Waals surface area contributed by atoms with Crippen molar-refractivity contribution in [3.63, 3.8) is 0 Å². The van der Waals surface area contributed by atoms with Gasteiger partial charge in [0.05, 0.1) is 5.69 Å². The van der Waals surface area contributed by atoms with Crippen LogP contribution in [0, 0.1) is 10.8 Å². The van der Waals surface area contributed by atoms with E-state index in [1.165, 1.54) is 44.6 Å². The zero-order valence-corrected chi connectivity index (χ0v) is 21.2. The minimum Gasteiger partial charge on any atom is -0.398 e. The fraction of sp³-hybridized carbons (Fsp3) is 0.462. The van der Waals surface area contributed by atoms with Gasteiger partial charge in [-0.3, -0.25) is 4.79 Å². The summed E-state index contributed by atoms with van der Waals surface area (Å²) >= 11 is 0. The van der Waals surface area contributed by atoms with Crippen LogP contribution in [0.5, 0.6) is 0 Å². The molecule has 0 aliphatic rings. The van der Waals surface area contributed by atoms with Gasteiger partial charge in [-0.25, -0.2) is 4.98 Å². The van der Waals surface area contributed by atoms with Crippen LogP contribution in [-0.4, -0.2) is 27.4 Å². The van der Waals surface area contributed by atoms with Gasteiger partial charge in [-0.05, 0) is 38.5 Å². The lowest BCUT2D eigenvalue weighted by atomic mass is 10.0. The van der Waals surface area contributed by atoms with Gasteiger partial charge in [-0.1, -0.05) is 59.0 Å². The van der Waals surface area contributed by atoms with E-state index < -0.39 is 5.91 Å². The minimum atomic E-state index is -0.674. The molecule has 0 aromatic carbocycles. The second-order valence-electron chi connectivity index (χ2n) is 8.16. The molecule has 0 bridgehead atoms. The van der Waals surface area contributed by atoms with Crippen LogP contribution in [0.3, 0.4) is 0 Å². The van der Waals surface area contributed by atoms with E-state index >= 15 is 0 Å². The standard InChI is InChI=1S/C18H24N6O.C8H18/c1-10(6-12(3)20)16-9-24(5)18(23-16)13(4)14(8-19)15(21)7-11(2)17(22)25;1-3-5-7-8-6-4-2/h6-9,19-20H,2,21H2,1,3-5H3,(H2,22,25);3-8H2,1-2H3/b10-6+,14-13+,15-7+,19-8?,20-12?;. The summed E-state index contributed by atoms with van der Waals surface area (Å²) in [5.74, 6) is -0.0445. The Bertz CT molecular complexity index is 925. The number of imidazole rings is 1. The van der Waals surface area contributed by atoms with Crippen molar-refractivity contribution >= 4 is 29.0 Å². The fourth-order valence-electron chi connectivity index (χ4n) is 3.12. The number of hydrogen-bond acceptors (Lipinski definition) is 5. The van der Waals surface area contributed by atoms with Gasteiger partial charge in [0.1, 0.15) is 5.82 Å². The van der Waals surface area contributed by atoms with Crippen molar-refractivity contribution < 1.29 is 4.79 Å². The molecule has 0 spiro atoms. The molecule has 0 saturated carbocycles. The molecule has 0 saturated heterocycles. The molecule has 182 valence electrons. The van der Waals surface area contributed by atoms with E-state index in [2.05, 4.69) is 25.4 Å². The number of carbonyl (C=O) groups excluding carboxylic acids is 1. The molecular formula is C26H42N6O. The number of amides is 1. The van der Waals surface area contributed by atoms with Crippen LogP contribution in [0.2, 0.25) is 0 Å². The van der Waals surface area contributed by atoms with Crippen LogP contribution >= 0.6 is 0 Å². The molecule has 0 aliphatic carbocycles. The molecule has 33 heavy (non-hydrogen) atoms. The summed E-state index contributed by atoms with van der Waals surface area (Å²) in [6, 6.07) is 0. The van der Waals surface area contributed by atoms with Crippen LogP contribution in [0.1, 0.15) is 84.7 Å². The van der Waals surface area contributed by atoms with Gasteiger partial charge in [0, 0.05) is 47.6 Å². The molecule has 6 N–H and O–H groups in total. The van der Waals surface area contributed by atoms with Crippen LogP contribution in [0.15, 0.2) is 41.8 Å². The summed E-state index contributed by atoms with van der Waals surface area (Å²) in [6.07, 6.45) is 14.5. The Morgan fingerprint density at radius 3 is 2.06 bits per heavy atom. The average molecular weight is 455 g/mol. The van der Waals surface area contributed by atoms with E-state index in [1.54, 1.807) is 19.9 Å². The van der Waals surface area contributed by atoms with Gasteiger partial charge < -0.3 is 26.9 Å². The first-order valence-corrected chi connectivity index (χ1v) is 11.4. The number of unbranched alkanes of at least 4 members (excludes halogenated alkanes) is 5. The third-order valence-electron chi connectivity index (χ3n) is 5.01. The molecule has 0 unspecified atom stereocenters. The first kappa shape index (κ1) is 29.8. The predicted octanol–water partition coefficient (Wildman–Crippen LogP) is 5.54. The van der Waals surface area contributed by atoms with Gasteiger partial charge >= 0.3 is 0 Å². The van der Waals surface area contributed by atoms with Gasteiger partial charge in [0.15, 0.2) is 0 Å². The van der Waals surface area contributed by atoms with Crippen LogP contribution < -0.4 is 11.5 Å². The molecule has 1 amide bonds. The Labute approximate surface area is 199 Å². The highest BCUT2D eigenvalue weighted by Gasteiger charge is 2.14. The van der Waals surface area contributed by atoms with E-state index in [0.717, 1.165) is 17.5 Å². The quantitative estimate of drug-likeness (QED) is 0.143. The summed E-state index contributed by atoms with van der Waals surface area (Å²) in [6.45, 7) is 13.4. The fourth-order valence-corrected chi connectivity index (χ4v) is 3.12. The maximum atomic E-state index is 11.1. The van der Waals surface area contributed by atoms with Crippen LogP contribution in [-0.2, 0) is 11.8 Å². The zero-order valence-electron chi connectivity index (χ0n) is 21.2. The number of aromatic nitrogens is 2. The minimum absolute atomic E-state index is 0.0606. The second-order valence-corrected chi connectivity index (χ2v) is 8.16. The highest BCUT2D eigenvalue weighted by molar-refractivity contribution is 5.98. The number of nitrogens with zero attached hydrogens (tertiary/aromatic N) is 2. The number of nitrogens with two attached hydrogens (primary N) is 2. The van der Waals surface area contributed by atoms with Gasteiger partial charge in [-0.15, -0.1) is 0 Å². The highest BCUT2D eigenvalue weighted by atomic mass is 16.1. The number of hydrogen-bond donors (Lipinski definition) is 4. The maximum absolute atomic E-state index is 11.1. The van der Waals surface area contributed by atoms with Gasteiger partial charge in [0.2, 0.25) is 5.91 Å². The van der Waals surface area contributed by atoms with Crippen LogP contribution in [0.25, 0.3) is 11.1 Å². The molecular weight excluding hydrogens is 412 g/mol. The summed E-state index contributed by atoms with van der Waals surface area (Å²) in [7, 11) is 1.84. The molecule has 0 fully saturated rings. The van der Waals surface area contributed by atoms with Crippen molar-refractivity contribution in [3.8, 4) is 0 Å². The molecule has 0 aliphatic heterocycles. The molecule has 1 aromatic rings. The zero-order chi connectivity index (χ0) is 25.6. The monoisotopic (exact) mass is 454 g/mol. The van der Waals surface area contributed by atoms with E-state index in [4.69, 9.17) is 22.3 Å². The number of nitrogens with one attached hydrogen (secondary N) is 2. The van der Waals surface area contributed by atoms with Crippen molar-refractivity contribution in [1.82, 2.24) is 9.55 Å². The molecule has 1 rings (SSSR count). The lowest BCUT2D eigenvalue weighted by Gasteiger charge is -2.09. The third kappa shape index (κ3) is 10.8. The summed E-state index contributed by atoms with van der Waals surface area (Å²) in [5.41, 5.74) is 14.6. The Balaban J connectivity index is 0.00000109. The van der Waals surface area contributed by atoms with E-state index in [1.807, 2.05) is 24.7 Å². The molecule has 1 heterocycles. The molecule has 1 aromatic heterocycles. The average Bonchev–Trinajstić information content (AvgIpc) is 3.13. The predicted molar refractivity (Wildman–Crippen MR) is 141 cm³/mol. The lowest BCUT2D eigenvalue weighted by molar-refractivity contribution is -0.114. The van der Waals surface area contributed by atoms with Crippen LogP contribution in [0.4, 0.5) is 0 Å². The summed E-state index contributed by atoms with van der Waals surface area (Å²) in [5, 5.41) is 15.2. The first-order chi connectivity index (χ1) is 15.5. The molecule has 7 nitrogen and oxygen atoms in total. The Hall–Kier alpha value is -3.22. The van der Waals surface area contributed by atoms with E-state index in [9.17, 15) is 4.79 Å². The maximum Gasteiger partial charge on any atom is 0.248 e. The number of aryl methyl sites for hydroxylation is 1. The number of primary amides is 1. The van der Waals surface area contributed by atoms with Gasteiger partial charge in [-0.2, -0.15) is 0 Å². The Morgan fingerprint density at radius 2 is 1.64 bits per heavy atom. The van der Waals surface area contributed by atoms with Crippen molar-refractivity contribution in [1.29, 1.82) is 10.8 Å². The number of allylic oxidation sites excluding steroid dienone is 4. The van der Waals surface area contributed by atoms with Crippen molar-refractivity contribution in [2.75, 3.05) is 0 Å².